The number of halogens is 2. The van der Waals surface area contributed by atoms with Crippen molar-refractivity contribution in [1.29, 1.82) is 0 Å². The van der Waals surface area contributed by atoms with E-state index in [-0.39, 0.29) is 17.5 Å². The van der Waals surface area contributed by atoms with E-state index in [2.05, 4.69) is 42.2 Å². The SMILES string of the molecule is CNC(=O)C(=Nc1ccc(Br)cc1)c1cc(C2CC2)c(N(CCCBr)S(C)(=O)=O)cc1N. The third kappa shape index (κ3) is 5.90. The van der Waals surface area contributed by atoms with Gasteiger partial charge in [0.2, 0.25) is 10.0 Å². The fraction of sp³-hybridized carbons (Fsp3) is 0.364. The van der Waals surface area contributed by atoms with E-state index in [1.54, 1.807) is 18.2 Å². The number of nitrogens with zero attached hydrogens (tertiary/aromatic N) is 2. The summed E-state index contributed by atoms with van der Waals surface area (Å²) in [7, 11) is -1.96. The summed E-state index contributed by atoms with van der Waals surface area (Å²) in [4.78, 5) is 17.3. The molecule has 0 aliphatic heterocycles. The maximum Gasteiger partial charge on any atom is 0.270 e. The number of likely N-dealkylation sites (N-methyl/N-ethyl adjacent to an activating group) is 1. The zero-order valence-corrected chi connectivity index (χ0v) is 21.9. The highest BCUT2D eigenvalue weighted by Gasteiger charge is 2.32. The molecule has 3 rings (SSSR count). The van der Waals surface area contributed by atoms with E-state index in [4.69, 9.17) is 5.73 Å². The van der Waals surface area contributed by atoms with Gasteiger partial charge >= 0.3 is 0 Å². The molecule has 32 heavy (non-hydrogen) atoms. The fourth-order valence-electron chi connectivity index (χ4n) is 3.43. The van der Waals surface area contributed by atoms with Crippen LogP contribution in [-0.4, -0.2) is 45.2 Å². The lowest BCUT2D eigenvalue weighted by Crippen LogP contribution is -2.33. The molecule has 0 aromatic heterocycles. The molecule has 7 nitrogen and oxygen atoms in total. The molecule has 10 heteroatoms. The average Bonchev–Trinajstić information content (AvgIpc) is 3.58. The van der Waals surface area contributed by atoms with Crippen molar-refractivity contribution in [2.45, 2.75) is 25.2 Å². The van der Waals surface area contributed by atoms with Crippen molar-refractivity contribution >= 4 is 70.6 Å². The maximum atomic E-state index is 12.7. The van der Waals surface area contributed by atoms with Crippen molar-refractivity contribution in [3.8, 4) is 0 Å². The largest absolute Gasteiger partial charge is 0.398 e. The number of hydrogen-bond acceptors (Lipinski definition) is 5. The van der Waals surface area contributed by atoms with Gasteiger partial charge in [-0.1, -0.05) is 31.9 Å². The molecule has 1 aliphatic rings. The molecule has 0 saturated heterocycles. The fourth-order valence-corrected chi connectivity index (χ4v) is 4.92. The number of benzene rings is 2. The van der Waals surface area contributed by atoms with Crippen molar-refractivity contribution in [1.82, 2.24) is 5.32 Å². The Bertz CT molecular complexity index is 1130. The average molecular weight is 586 g/mol. The summed E-state index contributed by atoms with van der Waals surface area (Å²) < 4.78 is 27.4. The van der Waals surface area contributed by atoms with Gasteiger partial charge in [0.25, 0.3) is 5.91 Å². The molecule has 1 saturated carbocycles. The van der Waals surface area contributed by atoms with Crippen LogP contribution in [0.15, 0.2) is 45.9 Å². The summed E-state index contributed by atoms with van der Waals surface area (Å²) in [5, 5.41) is 3.32. The van der Waals surface area contributed by atoms with E-state index < -0.39 is 10.0 Å². The molecule has 1 aliphatic carbocycles. The standard InChI is InChI=1S/C22H26Br2N4O3S/c1-26-22(29)21(27-16-8-6-15(24)7-9-16)18-12-17(14-4-5-14)20(13-19(18)25)28(11-3-10-23)32(2,30)31/h6-9,12-14H,3-5,10-11,25H2,1-2H3,(H,26,29). The number of sulfonamides is 1. The summed E-state index contributed by atoms with van der Waals surface area (Å²) in [6.07, 6.45) is 3.79. The topological polar surface area (TPSA) is 105 Å². The normalized spacial score (nSPS) is 14.3. The van der Waals surface area contributed by atoms with E-state index in [0.717, 1.165) is 22.9 Å². The summed E-state index contributed by atoms with van der Waals surface area (Å²) in [5.41, 5.74) is 9.44. The smallest absolute Gasteiger partial charge is 0.270 e. The Morgan fingerprint density at radius 1 is 1.25 bits per heavy atom. The van der Waals surface area contributed by atoms with E-state index in [1.807, 2.05) is 18.2 Å². The summed E-state index contributed by atoms with van der Waals surface area (Å²) >= 11 is 6.77. The number of carbonyl (C=O) groups excluding carboxylic acids is 1. The van der Waals surface area contributed by atoms with Crippen LogP contribution < -0.4 is 15.4 Å². The van der Waals surface area contributed by atoms with Crippen LogP contribution in [0, 0.1) is 0 Å². The Kier molecular flexibility index (Phi) is 8.00. The highest BCUT2D eigenvalue weighted by Crippen LogP contribution is 2.46. The highest BCUT2D eigenvalue weighted by molar-refractivity contribution is 9.10. The Morgan fingerprint density at radius 2 is 1.91 bits per heavy atom. The first-order valence-corrected chi connectivity index (χ1v) is 14.0. The lowest BCUT2D eigenvalue weighted by molar-refractivity contribution is -0.114. The van der Waals surface area contributed by atoms with Gasteiger partial charge in [0, 0.05) is 34.6 Å². The molecule has 0 heterocycles. The van der Waals surface area contributed by atoms with E-state index in [1.165, 1.54) is 17.6 Å². The first kappa shape index (κ1) is 24.7. The van der Waals surface area contributed by atoms with Gasteiger partial charge in [0.1, 0.15) is 5.71 Å². The molecular weight excluding hydrogens is 560 g/mol. The summed E-state index contributed by atoms with van der Waals surface area (Å²) in [6, 6.07) is 10.8. The lowest BCUT2D eigenvalue weighted by Gasteiger charge is -2.26. The third-order valence-electron chi connectivity index (χ3n) is 5.14. The van der Waals surface area contributed by atoms with Crippen LogP contribution in [0.25, 0.3) is 0 Å². The number of rotatable bonds is 9. The second-order valence-electron chi connectivity index (χ2n) is 7.67. The van der Waals surface area contributed by atoms with Crippen molar-refractivity contribution < 1.29 is 13.2 Å². The van der Waals surface area contributed by atoms with Crippen LogP contribution in [0.2, 0.25) is 0 Å². The maximum absolute atomic E-state index is 12.7. The highest BCUT2D eigenvalue weighted by atomic mass is 79.9. The predicted octanol–water partition coefficient (Wildman–Crippen LogP) is 4.33. The van der Waals surface area contributed by atoms with Crippen LogP contribution in [0.4, 0.5) is 17.1 Å². The zero-order valence-electron chi connectivity index (χ0n) is 17.9. The molecule has 0 atom stereocenters. The number of nitrogen functional groups attached to an aromatic ring is 1. The molecule has 0 spiro atoms. The van der Waals surface area contributed by atoms with Crippen LogP contribution >= 0.6 is 31.9 Å². The molecule has 1 amide bonds. The van der Waals surface area contributed by atoms with Crippen molar-refractivity contribution in [3.63, 3.8) is 0 Å². The van der Waals surface area contributed by atoms with E-state index in [9.17, 15) is 13.2 Å². The molecule has 0 radical (unpaired) electrons. The van der Waals surface area contributed by atoms with Crippen LogP contribution in [-0.2, 0) is 14.8 Å². The number of nitrogens with two attached hydrogens (primary N) is 1. The number of aliphatic imine (C=N–C) groups is 1. The molecule has 1 fully saturated rings. The van der Waals surface area contributed by atoms with Crippen molar-refractivity contribution in [2.24, 2.45) is 4.99 Å². The van der Waals surface area contributed by atoms with Crippen LogP contribution in [0.3, 0.4) is 0 Å². The monoisotopic (exact) mass is 584 g/mol. The Labute approximate surface area is 205 Å². The van der Waals surface area contributed by atoms with Crippen molar-refractivity contribution in [2.75, 3.05) is 35.2 Å². The van der Waals surface area contributed by atoms with Gasteiger partial charge in [0.15, 0.2) is 0 Å². The van der Waals surface area contributed by atoms with E-state index >= 15 is 0 Å². The van der Waals surface area contributed by atoms with E-state index in [0.29, 0.717) is 40.9 Å². The zero-order chi connectivity index (χ0) is 23.5. The molecule has 2 aromatic carbocycles. The Morgan fingerprint density at radius 3 is 2.44 bits per heavy atom. The third-order valence-corrected chi connectivity index (χ3v) is 7.41. The molecule has 0 unspecified atom stereocenters. The first-order chi connectivity index (χ1) is 15.2. The quantitative estimate of drug-likeness (QED) is 0.260. The lowest BCUT2D eigenvalue weighted by atomic mass is 9.98. The minimum Gasteiger partial charge on any atom is -0.398 e. The molecule has 172 valence electrons. The van der Waals surface area contributed by atoms with Gasteiger partial charge < -0.3 is 11.1 Å². The van der Waals surface area contributed by atoms with Gasteiger partial charge in [-0.15, -0.1) is 0 Å². The minimum atomic E-state index is -3.50. The minimum absolute atomic E-state index is 0.187. The van der Waals surface area contributed by atoms with Crippen molar-refractivity contribution in [3.05, 3.63) is 52.0 Å². The second-order valence-corrected chi connectivity index (χ2v) is 11.3. The van der Waals surface area contributed by atoms with Gasteiger partial charge in [-0.3, -0.25) is 9.10 Å². The molecular formula is C22H26Br2N4O3S. The number of alkyl halides is 1. The Balaban J connectivity index is 2.16. The number of hydrogen-bond donors (Lipinski definition) is 2. The Hall–Kier alpha value is -1.91. The van der Waals surface area contributed by atoms with Crippen LogP contribution in [0.1, 0.15) is 36.3 Å². The number of amides is 1. The number of carbonyl (C=O) groups is 1. The molecule has 2 aromatic rings. The van der Waals surface area contributed by atoms with Gasteiger partial charge in [-0.05, 0) is 67.1 Å². The number of nitrogens with one attached hydrogen (secondary N) is 1. The van der Waals surface area contributed by atoms with Gasteiger partial charge in [-0.2, -0.15) is 0 Å². The van der Waals surface area contributed by atoms with Gasteiger partial charge in [-0.25, -0.2) is 13.4 Å². The van der Waals surface area contributed by atoms with Gasteiger partial charge in [0.05, 0.1) is 17.6 Å². The first-order valence-electron chi connectivity index (χ1n) is 10.2. The molecule has 3 N–H and O–H groups in total. The molecule has 0 bridgehead atoms. The number of anilines is 2. The van der Waals surface area contributed by atoms with Crippen LogP contribution in [0.5, 0.6) is 0 Å². The second kappa shape index (κ2) is 10.4. The summed E-state index contributed by atoms with van der Waals surface area (Å²) in [5.74, 6) is -0.135. The predicted molar refractivity (Wildman–Crippen MR) is 138 cm³/mol. The summed E-state index contributed by atoms with van der Waals surface area (Å²) in [6.45, 7) is 0.345.